The number of nitrogens with zero attached hydrogens (tertiary/aromatic N) is 2. The highest BCUT2D eigenvalue weighted by atomic mass is 16.5. The third-order valence-corrected chi connectivity index (χ3v) is 6.37. The normalized spacial score (nSPS) is 38.0. The maximum atomic E-state index is 6.27. The minimum absolute atomic E-state index is 0.255. The van der Waals surface area contributed by atoms with E-state index in [0.717, 1.165) is 30.5 Å². The predicted molar refractivity (Wildman–Crippen MR) is 102 cm³/mol. The van der Waals surface area contributed by atoms with E-state index < -0.39 is 0 Å². The number of aromatic nitrogens is 1. The number of aryl methyl sites for hydroxylation is 1. The molecule has 5 heteroatoms. The molecule has 0 amide bonds. The standard InChI is InChI=1S/C20H32N4O/c1-12-10-24(11-13(2)25-12)20-7-6-18(14(3)22-20)23-19-9-15-4-5-16(19)8-17(15)21/h6-7,12-13,15-17,19,23H,4-5,8-11,21H2,1-3H3. The quantitative estimate of drug-likeness (QED) is 0.883. The maximum Gasteiger partial charge on any atom is 0.129 e. The Balaban J connectivity index is 1.45. The molecule has 1 saturated heterocycles. The van der Waals surface area contributed by atoms with Crippen LogP contribution in [0.2, 0.25) is 0 Å². The van der Waals surface area contributed by atoms with Gasteiger partial charge in [-0.15, -0.1) is 0 Å². The molecule has 1 aromatic rings. The fourth-order valence-corrected chi connectivity index (χ4v) is 5.10. The van der Waals surface area contributed by atoms with Gasteiger partial charge in [-0.1, -0.05) is 0 Å². The Kier molecular flexibility index (Phi) is 4.63. The molecule has 3 N–H and O–H groups in total. The van der Waals surface area contributed by atoms with Gasteiger partial charge in [0.2, 0.25) is 0 Å². The van der Waals surface area contributed by atoms with Gasteiger partial charge in [-0.3, -0.25) is 0 Å². The average molecular weight is 345 g/mol. The Labute approximate surface area is 151 Å². The maximum absolute atomic E-state index is 6.27. The lowest BCUT2D eigenvalue weighted by molar-refractivity contribution is -0.00546. The minimum atomic E-state index is 0.255. The van der Waals surface area contributed by atoms with Crippen LogP contribution in [0.1, 0.15) is 45.2 Å². The summed E-state index contributed by atoms with van der Waals surface area (Å²) in [5.74, 6) is 2.49. The molecule has 2 heterocycles. The molecule has 1 aliphatic heterocycles. The largest absolute Gasteiger partial charge is 0.381 e. The number of nitrogens with two attached hydrogens (primary N) is 1. The van der Waals surface area contributed by atoms with Crippen molar-refractivity contribution >= 4 is 11.5 Å². The SMILES string of the molecule is Cc1nc(N2CC(C)OC(C)C2)ccc1NC1CC2CCC1CC2N. The lowest BCUT2D eigenvalue weighted by Gasteiger charge is -2.46. The Morgan fingerprint density at radius 2 is 1.84 bits per heavy atom. The van der Waals surface area contributed by atoms with Crippen LogP contribution in [0.5, 0.6) is 0 Å². The van der Waals surface area contributed by atoms with Crippen molar-refractivity contribution in [3.63, 3.8) is 0 Å². The number of fused-ring (bicyclic) bond motifs is 3. The van der Waals surface area contributed by atoms with Gasteiger partial charge >= 0.3 is 0 Å². The van der Waals surface area contributed by atoms with Crippen LogP contribution in [0.4, 0.5) is 11.5 Å². The first kappa shape index (κ1) is 17.1. The summed E-state index contributed by atoms with van der Waals surface area (Å²) in [7, 11) is 0. The number of pyridine rings is 1. The van der Waals surface area contributed by atoms with Crippen LogP contribution in [0, 0.1) is 18.8 Å². The van der Waals surface area contributed by atoms with E-state index in [1.54, 1.807) is 0 Å². The van der Waals surface area contributed by atoms with Gasteiger partial charge in [0, 0.05) is 25.2 Å². The van der Waals surface area contributed by atoms with Gasteiger partial charge in [0.15, 0.2) is 0 Å². The highest BCUT2D eigenvalue weighted by molar-refractivity contribution is 5.54. The molecule has 0 aromatic carbocycles. The molecular weight excluding hydrogens is 312 g/mol. The number of hydrogen-bond donors (Lipinski definition) is 2. The zero-order chi connectivity index (χ0) is 17.6. The molecule has 138 valence electrons. The van der Waals surface area contributed by atoms with E-state index in [2.05, 4.69) is 43.1 Å². The summed E-state index contributed by atoms with van der Waals surface area (Å²) in [6, 6.07) is 5.36. The molecule has 3 aliphatic carbocycles. The molecule has 0 radical (unpaired) electrons. The Morgan fingerprint density at radius 1 is 1.12 bits per heavy atom. The highest BCUT2D eigenvalue weighted by Crippen LogP contribution is 2.42. The number of rotatable bonds is 3. The van der Waals surface area contributed by atoms with E-state index in [1.165, 1.54) is 31.4 Å². The van der Waals surface area contributed by atoms with Gasteiger partial charge in [0.05, 0.1) is 23.6 Å². The number of nitrogens with one attached hydrogen (secondary N) is 1. The van der Waals surface area contributed by atoms with Gasteiger partial charge in [-0.25, -0.2) is 4.98 Å². The van der Waals surface area contributed by atoms with Gasteiger partial charge in [-0.2, -0.15) is 0 Å². The van der Waals surface area contributed by atoms with Crippen LogP contribution >= 0.6 is 0 Å². The molecule has 1 aromatic heterocycles. The zero-order valence-corrected chi connectivity index (χ0v) is 15.7. The number of morpholine rings is 1. The van der Waals surface area contributed by atoms with Crippen molar-refractivity contribution in [2.45, 2.75) is 70.7 Å². The third-order valence-electron chi connectivity index (χ3n) is 6.37. The van der Waals surface area contributed by atoms with E-state index in [4.69, 9.17) is 15.5 Å². The Morgan fingerprint density at radius 3 is 2.44 bits per heavy atom. The monoisotopic (exact) mass is 344 g/mol. The van der Waals surface area contributed by atoms with Crippen LogP contribution in [0.15, 0.2) is 12.1 Å². The van der Waals surface area contributed by atoms with Gasteiger partial charge < -0.3 is 20.7 Å². The van der Waals surface area contributed by atoms with E-state index in [-0.39, 0.29) is 12.2 Å². The number of hydrogen-bond acceptors (Lipinski definition) is 5. The average Bonchev–Trinajstić information content (AvgIpc) is 2.57. The zero-order valence-electron chi connectivity index (χ0n) is 15.7. The lowest BCUT2D eigenvalue weighted by Crippen LogP contribution is -2.50. The fourth-order valence-electron chi connectivity index (χ4n) is 5.10. The van der Waals surface area contributed by atoms with Crippen LogP contribution in [0.25, 0.3) is 0 Å². The molecule has 25 heavy (non-hydrogen) atoms. The van der Waals surface area contributed by atoms with Crippen LogP contribution in [0.3, 0.4) is 0 Å². The van der Waals surface area contributed by atoms with Crippen LogP contribution in [-0.4, -0.2) is 42.4 Å². The molecular formula is C20H32N4O. The topological polar surface area (TPSA) is 63.4 Å². The number of ether oxygens (including phenoxy) is 1. The summed E-state index contributed by atoms with van der Waals surface area (Å²) in [5.41, 5.74) is 8.55. The molecule has 5 rings (SSSR count). The second kappa shape index (κ2) is 6.76. The fraction of sp³-hybridized carbons (Fsp3) is 0.750. The summed E-state index contributed by atoms with van der Waals surface area (Å²) < 4.78 is 5.84. The smallest absolute Gasteiger partial charge is 0.129 e. The highest BCUT2D eigenvalue weighted by Gasteiger charge is 2.40. The van der Waals surface area contributed by atoms with Crippen molar-refractivity contribution in [3.8, 4) is 0 Å². The molecule has 2 bridgehead atoms. The summed E-state index contributed by atoms with van der Waals surface area (Å²) in [4.78, 5) is 7.24. The van der Waals surface area contributed by atoms with E-state index in [9.17, 15) is 0 Å². The van der Waals surface area contributed by atoms with E-state index >= 15 is 0 Å². The van der Waals surface area contributed by atoms with Crippen molar-refractivity contribution in [3.05, 3.63) is 17.8 Å². The molecule has 0 spiro atoms. The molecule has 3 saturated carbocycles. The molecule has 6 unspecified atom stereocenters. The van der Waals surface area contributed by atoms with Crippen molar-refractivity contribution in [1.82, 2.24) is 4.98 Å². The van der Waals surface area contributed by atoms with Gasteiger partial charge in [0.25, 0.3) is 0 Å². The van der Waals surface area contributed by atoms with E-state index in [1.807, 2.05) is 0 Å². The summed E-state index contributed by atoms with van der Waals surface area (Å²) in [6.07, 6.45) is 5.54. The minimum Gasteiger partial charge on any atom is -0.381 e. The lowest BCUT2D eigenvalue weighted by atomic mass is 9.65. The third kappa shape index (κ3) is 3.49. The molecule has 5 nitrogen and oxygen atoms in total. The number of anilines is 2. The van der Waals surface area contributed by atoms with Crippen molar-refractivity contribution in [1.29, 1.82) is 0 Å². The Hall–Kier alpha value is -1.33. The van der Waals surface area contributed by atoms with Crippen LogP contribution < -0.4 is 16.0 Å². The molecule has 4 fully saturated rings. The Bertz CT molecular complexity index is 612. The van der Waals surface area contributed by atoms with Crippen molar-refractivity contribution < 1.29 is 4.74 Å². The molecule has 4 aliphatic rings. The summed E-state index contributed by atoms with van der Waals surface area (Å²) in [6.45, 7) is 8.20. The first-order valence-electron chi connectivity index (χ1n) is 9.89. The van der Waals surface area contributed by atoms with Gasteiger partial charge in [-0.05, 0) is 70.4 Å². The second-order valence-electron chi connectivity index (χ2n) is 8.45. The second-order valence-corrected chi connectivity index (χ2v) is 8.45. The predicted octanol–water partition coefficient (Wildman–Crippen LogP) is 2.93. The first-order valence-corrected chi connectivity index (χ1v) is 9.89. The van der Waals surface area contributed by atoms with Crippen molar-refractivity contribution in [2.24, 2.45) is 17.6 Å². The summed E-state index contributed by atoms with van der Waals surface area (Å²) >= 11 is 0. The van der Waals surface area contributed by atoms with Crippen molar-refractivity contribution in [2.75, 3.05) is 23.3 Å². The van der Waals surface area contributed by atoms with E-state index in [0.29, 0.717) is 18.0 Å². The molecule has 6 atom stereocenters. The first-order chi connectivity index (χ1) is 12.0. The van der Waals surface area contributed by atoms with Gasteiger partial charge in [0.1, 0.15) is 5.82 Å². The summed E-state index contributed by atoms with van der Waals surface area (Å²) in [5, 5.41) is 3.79. The van der Waals surface area contributed by atoms with Crippen LogP contribution in [-0.2, 0) is 4.74 Å².